The summed E-state index contributed by atoms with van der Waals surface area (Å²) in [4.78, 5) is 13.9. The van der Waals surface area contributed by atoms with Gasteiger partial charge in [0.1, 0.15) is 5.82 Å². The van der Waals surface area contributed by atoms with Gasteiger partial charge >= 0.3 is 0 Å². The Morgan fingerprint density at radius 2 is 1.72 bits per heavy atom. The summed E-state index contributed by atoms with van der Waals surface area (Å²) in [5.41, 5.74) is 7.47. The van der Waals surface area contributed by atoms with Gasteiger partial charge in [0.15, 0.2) is 11.6 Å². The van der Waals surface area contributed by atoms with Crippen LogP contribution in [0, 0.1) is 17.5 Å². The number of halogens is 3. The van der Waals surface area contributed by atoms with E-state index in [0.29, 0.717) is 37.7 Å². The first-order chi connectivity index (χ1) is 12.0. The van der Waals surface area contributed by atoms with Crippen LogP contribution in [0.5, 0.6) is 0 Å². The van der Waals surface area contributed by atoms with Gasteiger partial charge in [-0.25, -0.2) is 13.2 Å². The second kappa shape index (κ2) is 7.27. The first-order valence-corrected chi connectivity index (χ1v) is 8.22. The van der Waals surface area contributed by atoms with E-state index in [4.69, 9.17) is 5.73 Å². The highest BCUT2D eigenvalue weighted by atomic mass is 19.2. The Hall–Kier alpha value is -2.34. The molecule has 0 aromatic heterocycles. The summed E-state index contributed by atoms with van der Waals surface area (Å²) in [6.45, 7) is 1.35. The third kappa shape index (κ3) is 3.69. The van der Waals surface area contributed by atoms with Crippen molar-refractivity contribution in [2.45, 2.75) is 25.3 Å². The van der Waals surface area contributed by atoms with Crippen molar-refractivity contribution in [1.82, 2.24) is 4.90 Å². The van der Waals surface area contributed by atoms with Gasteiger partial charge in [-0.15, -0.1) is 0 Å². The molecule has 1 heterocycles. The van der Waals surface area contributed by atoms with Gasteiger partial charge in [0.25, 0.3) is 5.91 Å². The molecule has 0 spiro atoms. The lowest BCUT2D eigenvalue weighted by Crippen LogP contribution is -2.38. The molecule has 1 fully saturated rings. The highest BCUT2D eigenvalue weighted by molar-refractivity contribution is 5.94. The summed E-state index contributed by atoms with van der Waals surface area (Å²) < 4.78 is 40.1. The molecule has 0 bridgehead atoms. The summed E-state index contributed by atoms with van der Waals surface area (Å²) >= 11 is 0. The highest BCUT2D eigenvalue weighted by Gasteiger charge is 2.27. The second-order valence-corrected chi connectivity index (χ2v) is 6.26. The van der Waals surface area contributed by atoms with Crippen LogP contribution in [0.2, 0.25) is 0 Å². The van der Waals surface area contributed by atoms with E-state index >= 15 is 0 Å². The lowest BCUT2D eigenvalue weighted by molar-refractivity contribution is 0.0707. The number of nitrogens with zero attached hydrogens (tertiary/aromatic N) is 1. The number of amides is 1. The van der Waals surface area contributed by atoms with Crippen LogP contribution < -0.4 is 5.73 Å². The molecule has 3 nitrogen and oxygen atoms in total. The number of carbonyl (C=O) groups is 1. The standard InChI is InChI=1S/C19H19F3N2O/c20-16-10-18(22)17(21)9-15(16)19(25)24-6-4-13(5-7-24)14-3-1-2-12(8-14)11-23/h1-3,8-10,13H,4-7,11,23H2. The van der Waals surface area contributed by atoms with Crippen molar-refractivity contribution in [2.24, 2.45) is 5.73 Å². The van der Waals surface area contributed by atoms with Gasteiger partial charge in [0, 0.05) is 25.7 Å². The fourth-order valence-corrected chi connectivity index (χ4v) is 3.25. The fourth-order valence-electron chi connectivity index (χ4n) is 3.25. The van der Waals surface area contributed by atoms with Gasteiger partial charge in [-0.2, -0.15) is 0 Å². The summed E-state index contributed by atoms with van der Waals surface area (Å²) in [6, 6.07) is 9.07. The van der Waals surface area contributed by atoms with Crippen LogP contribution in [0.1, 0.15) is 40.2 Å². The molecule has 0 atom stereocenters. The molecule has 0 unspecified atom stereocenters. The van der Waals surface area contributed by atoms with Crippen LogP contribution in [0.15, 0.2) is 36.4 Å². The molecule has 1 aliphatic heterocycles. The van der Waals surface area contributed by atoms with Crippen LogP contribution in [0.3, 0.4) is 0 Å². The Morgan fingerprint density at radius 1 is 1.04 bits per heavy atom. The molecule has 1 aliphatic rings. The monoisotopic (exact) mass is 348 g/mol. The number of carbonyl (C=O) groups excluding carboxylic acids is 1. The first kappa shape index (κ1) is 17.5. The third-order valence-corrected chi connectivity index (χ3v) is 4.68. The molecule has 0 saturated carbocycles. The van der Waals surface area contributed by atoms with Crippen molar-refractivity contribution in [3.8, 4) is 0 Å². The van der Waals surface area contributed by atoms with Crippen molar-refractivity contribution in [3.63, 3.8) is 0 Å². The van der Waals surface area contributed by atoms with Gasteiger partial charge in [-0.05, 0) is 36.0 Å². The van der Waals surface area contributed by atoms with Crippen molar-refractivity contribution in [3.05, 3.63) is 70.5 Å². The van der Waals surface area contributed by atoms with Crippen LogP contribution in [-0.4, -0.2) is 23.9 Å². The molecule has 2 N–H and O–H groups in total. The number of rotatable bonds is 3. The molecule has 1 amide bonds. The number of nitrogens with two attached hydrogens (primary N) is 1. The SMILES string of the molecule is NCc1cccc(C2CCN(C(=O)c3cc(F)c(F)cc3F)CC2)c1. The second-order valence-electron chi connectivity index (χ2n) is 6.26. The zero-order valence-corrected chi connectivity index (χ0v) is 13.6. The quantitative estimate of drug-likeness (QED) is 0.862. The van der Waals surface area contributed by atoms with E-state index in [1.165, 1.54) is 10.5 Å². The minimum Gasteiger partial charge on any atom is -0.339 e. The minimum absolute atomic E-state index is 0.297. The predicted octanol–water partition coefficient (Wildman–Crippen LogP) is 3.58. The van der Waals surface area contributed by atoms with Crippen molar-refractivity contribution >= 4 is 5.91 Å². The third-order valence-electron chi connectivity index (χ3n) is 4.68. The van der Waals surface area contributed by atoms with Gasteiger partial charge in [0.2, 0.25) is 0 Å². The average Bonchev–Trinajstić information content (AvgIpc) is 2.64. The van der Waals surface area contributed by atoms with Crippen LogP contribution in [0.25, 0.3) is 0 Å². The molecule has 1 saturated heterocycles. The maximum absolute atomic E-state index is 13.8. The van der Waals surface area contributed by atoms with Gasteiger partial charge < -0.3 is 10.6 Å². The predicted molar refractivity (Wildman–Crippen MR) is 88.5 cm³/mol. The van der Waals surface area contributed by atoms with Gasteiger partial charge in [-0.1, -0.05) is 24.3 Å². The normalized spacial score (nSPS) is 15.4. The lowest BCUT2D eigenvalue weighted by Gasteiger charge is -2.32. The summed E-state index contributed by atoms with van der Waals surface area (Å²) in [7, 11) is 0. The zero-order chi connectivity index (χ0) is 18.0. The molecular weight excluding hydrogens is 329 g/mol. The van der Waals surface area contributed by atoms with Crippen LogP contribution in [-0.2, 0) is 6.54 Å². The van der Waals surface area contributed by atoms with E-state index in [1.54, 1.807) is 0 Å². The Balaban J connectivity index is 1.69. The molecule has 2 aromatic rings. The van der Waals surface area contributed by atoms with Crippen LogP contribution >= 0.6 is 0 Å². The topological polar surface area (TPSA) is 46.3 Å². The molecule has 6 heteroatoms. The Morgan fingerprint density at radius 3 is 2.40 bits per heavy atom. The van der Waals surface area contributed by atoms with Crippen LogP contribution in [0.4, 0.5) is 13.2 Å². The molecule has 2 aromatic carbocycles. The number of piperidine rings is 1. The van der Waals surface area contributed by atoms with E-state index in [0.717, 1.165) is 18.4 Å². The number of hydrogen-bond donors (Lipinski definition) is 1. The van der Waals surface area contributed by atoms with Gasteiger partial charge in [0.05, 0.1) is 5.56 Å². The molecule has 0 aliphatic carbocycles. The Kier molecular flexibility index (Phi) is 5.08. The highest BCUT2D eigenvalue weighted by Crippen LogP contribution is 2.29. The van der Waals surface area contributed by atoms with Crippen molar-refractivity contribution in [2.75, 3.05) is 13.1 Å². The van der Waals surface area contributed by atoms with E-state index < -0.39 is 28.9 Å². The van der Waals surface area contributed by atoms with E-state index in [1.807, 2.05) is 18.2 Å². The van der Waals surface area contributed by atoms with Crippen molar-refractivity contribution in [1.29, 1.82) is 0 Å². The van der Waals surface area contributed by atoms with E-state index in [-0.39, 0.29) is 0 Å². The molecular formula is C19H19F3N2O. The molecule has 132 valence electrons. The number of benzene rings is 2. The van der Waals surface area contributed by atoms with E-state index in [2.05, 4.69) is 6.07 Å². The summed E-state index contributed by atoms with van der Waals surface area (Å²) in [6.07, 6.45) is 1.45. The maximum atomic E-state index is 13.8. The molecule has 0 radical (unpaired) electrons. The Bertz CT molecular complexity index is 786. The van der Waals surface area contributed by atoms with Crippen molar-refractivity contribution < 1.29 is 18.0 Å². The molecule has 3 rings (SSSR count). The smallest absolute Gasteiger partial charge is 0.256 e. The molecule has 25 heavy (non-hydrogen) atoms. The number of likely N-dealkylation sites (tertiary alicyclic amines) is 1. The Labute approximate surface area is 144 Å². The van der Waals surface area contributed by atoms with Gasteiger partial charge in [-0.3, -0.25) is 4.79 Å². The lowest BCUT2D eigenvalue weighted by atomic mass is 9.88. The average molecular weight is 348 g/mol. The summed E-state index contributed by atoms with van der Waals surface area (Å²) in [5.74, 6) is -3.87. The summed E-state index contributed by atoms with van der Waals surface area (Å²) in [5, 5.41) is 0. The zero-order valence-electron chi connectivity index (χ0n) is 13.6. The van der Waals surface area contributed by atoms with E-state index in [9.17, 15) is 18.0 Å². The first-order valence-electron chi connectivity index (χ1n) is 8.22. The number of hydrogen-bond acceptors (Lipinski definition) is 2. The maximum Gasteiger partial charge on any atom is 0.256 e. The fraction of sp³-hybridized carbons (Fsp3) is 0.316. The largest absolute Gasteiger partial charge is 0.339 e. The minimum atomic E-state index is -1.30.